The summed E-state index contributed by atoms with van der Waals surface area (Å²) in [5.74, 6) is 0.479. The highest BCUT2D eigenvalue weighted by atomic mass is 19.1. The van der Waals surface area contributed by atoms with Gasteiger partial charge < -0.3 is 10.6 Å². The quantitative estimate of drug-likeness (QED) is 0.811. The Hall–Kier alpha value is -1.42. The summed E-state index contributed by atoms with van der Waals surface area (Å²) < 4.78 is 12.8. The Bertz CT molecular complexity index is 401. The summed E-state index contributed by atoms with van der Waals surface area (Å²) in [6.45, 7) is 3.05. The molecule has 0 radical (unpaired) electrons. The second-order valence-electron chi connectivity index (χ2n) is 4.90. The lowest BCUT2D eigenvalue weighted by molar-refractivity contribution is -0.120. The van der Waals surface area contributed by atoms with Crippen molar-refractivity contribution in [3.8, 4) is 0 Å². The third-order valence-corrected chi connectivity index (χ3v) is 3.22. The van der Waals surface area contributed by atoms with Crippen LogP contribution < -0.4 is 10.6 Å². The first-order valence-corrected chi connectivity index (χ1v) is 6.40. The third kappa shape index (κ3) is 4.11. The maximum Gasteiger partial charge on any atom is 0.233 e. The minimum absolute atomic E-state index is 0.0239. The van der Waals surface area contributed by atoms with E-state index < -0.39 is 0 Å². The molecule has 0 spiro atoms. The first-order valence-electron chi connectivity index (χ1n) is 6.40. The molecule has 2 N–H and O–H groups in total. The molecule has 1 unspecified atom stereocenters. The molecule has 1 aliphatic carbocycles. The lowest BCUT2D eigenvalue weighted by atomic mass is 10.1. The fourth-order valence-electron chi connectivity index (χ4n) is 1.76. The van der Waals surface area contributed by atoms with E-state index in [9.17, 15) is 9.18 Å². The Labute approximate surface area is 107 Å². The Kier molecular flexibility index (Phi) is 4.31. The first-order chi connectivity index (χ1) is 8.65. The average molecular weight is 250 g/mol. The van der Waals surface area contributed by atoms with Crippen molar-refractivity contribution in [2.24, 2.45) is 5.92 Å². The van der Waals surface area contributed by atoms with Crippen molar-refractivity contribution in [2.75, 3.05) is 13.1 Å². The maximum absolute atomic E-state index is 12.8. The third-order valence-electron chi connectivity index (χ3n) is 3.22. The fourth-order valence-corrected chi connectivity index (χ4v) is 1.76. The molecule has 0 aliphatic heterocycles. The number of hydrogen-bond donors (Lipinski definition) is 2. The van der Waals surface area contributed by atoms with Crippen molar-refractivity contribution in [1.29, 1.82) is 0 Å². The molecule has 1 aliphatic rings. The molecule has 2 rings (SSSR count). The van der Waals surface area contributed by atoms with Crippen LogP contribution in [0, 0.1) is 11.7 Å². The zero-order valence-electron chi connectivity index (χ0n) is 10.6. The van der Waals surface area contributed by atoms with Crippen LogP contribution in [0.3, 0.4) is 0 Å². The molecule has 0 heterocycles. The van der Waals surface area contributed by atoms with E-state index in [1.807, 2.05) is 6.92 Å². The largest absolute Gasteiger partial charge is 0.355 e. The number of hydrogen-bond acceptors (Lipinski definition) is 2. The molecule has 1 amide bonds. The van der Waals surface area contributed by atoms with Crippen LogP contribution in [0.25, 0.3) is 0 Å². The van der Waals surface area contributed by atoms with Crippen molar-refractivity contribution in [3.05, 3.63) is 35.6 Å². The fraction of sp³-hybridized carbons (Fsp3) is 0.500. The molecule has 0 saturated heterocycles. The normalized spacial score (nSPS) is 16.3. The standard InChI is InChI=1S/C14H19FN2O/c1-10(12-4-6-13(15)7-5-12)16-9-14(18)17-8-11-2-3-11/h4-7,10-11,16H,2-3,8-9H2,1H3,(H,17,18). The van der Waals surface area contributed by atoms with Crippen LogP contribution in [0.15, 0.2) is 24.3 Å². The molecule has 4 heteroatoms. The van der Waals surface area contributed by atoms with Crippen LogP contribution in [-0.2, 0) is 4.79 Å². The van der Waals surface area contributed by atoms with Crippen LogP contribution in [0.4, 0.5) is 4.39 Å². The van der Waals surface area contributed by atoms with Gasteiger partial charge in [0.15, 0.2) is 0 Å². The zero-order chi connectivity index (χ0) is 13.0. The van der Waals surface area contributed by atoms with Crippen LogP contribution in [-0.4, -0.2) is 19.0 Å². The molecule has 18 heavy (non-hydrogen) atoms. The number of nitrogens with one attached hydrogen (secondary N) is 2. The molecule has 0 bridgehead atoms. The summed E-state index contributed by atoms with van der Waals surface area (Å²) in [4.78, 5) is 11.5. The van der Waals surface area contributed by atoms with Gasteiger partial charge in [-0.25, -0.2) is 4.39 Å². The minimum atomic E-state index is -0.242. The summed E-state index contributed by atoms with van der Waals surface area (Å²) >= 11 is 0. The van der Waals surface area contributed by atoms with Crippen molar-refractivity contribution in [3.63, 3.8) is 0 Å². The molecule has 98 valence electrons. The highest BCUT2D eigenvalue weighted by molar-refractivity contribution is 5.78. The van der Waals surface area contributed by atoms with Gasteiger partial charge in [-0.2, -0.15) is 0 Å². The van der Waals surface area contributed by atoms with E-state index in [-0.39, 0.29) is 17.8 Å². The summed E-state index contributed by atoms with van der Waals surface area (Å²) in [7, 11) is 0. The monoisotopic (exact) mass is 250 g/mol. The number of benzene rings is 1. The predicted octanol–water partition coefficient (Wildman–Crippen LogP) is 2.00. The molecular formula is C14H19FN2O. The topological polar surface area (TPSA) is 41.1 Å². The molecule has 1 atom stereocenters. The Balaban J connectivity index is 1.71. The second kappa shape index (κ2) is 5.96. The number of carbonyl (C=O) groups excluding carboxylic acids is 1. The predicted molar refractivity (Wildman–Crippen MR) is 68.6 cm³/mol. The van der Waals surface area contributed by atoms with Gasteiger partial charge in [0.25, 0.3) is 0 Å². The molecule has 1 aromatic carbocycles. The lowest BCUT2D eigenvalue weighted by Crippen LogP contribution is -2.36. The van der Waals surface area contributed by atoms with Gasteiger partial charge in [0.05, 0.1) is 6.54 Å². The van der Waals surface area contributed by atoms with Gasteiger partial charge >= 0.3 is 0 Å². The molecular weight excluding hydrogens is 231 g/mol. The van der Waals surface area contributed by atoms with Crippen molar-refractivity contribution < 1.29 is 9.18 Å². The van der Waals surface area contributed by atoms with E-state index in [0.29, 0.717) is 12.5 Å². The molecule has 1 saturated carbocycles. The number of carbonyl (C=O) groups is 1. The second-order valence-corrected chi connectivity index (χ2v) is 4.90. The van der Waals surface area contributed by atoms with E-state index in [1.165, 1.54) is 25.0 Å². The first kappa shape index (κ1) is 13.0. The van der Waals surface area contributed by atoms with E-state index in [0.717, 1.165) is 12.1 Å². The van der Waals surface area contributed by atoms with Crippen LogP contribution in [0.5, 0.6) is 0 Å². The van der Waals surface area contributed by atoms with Gasteiger partial charge in [-0.05, 0) is 43.4 Å². The number of amides is 1. The van der Waals surface area contributed by atoms with Gasteiger partial charge in [-0.3, -0.25) is 4.79 Å². The van der Waals surface area contributed by atoms with Gasteiger partial charge in [0, 0.05) is 12.6 Å². The molecule has 1 aromatic rings. The summed E-state index contributed by atoms with van der Waals surface area (Å²) in [6.07, 6.45) is 2.47. The van der Waals surface area contributed by atoms with Gasteiger partial charge in [0.1, 0.15) is 5.82 Å². The van der Waals surface area contributed by atoms with Gasteiger partial charge in [0.2, 0.25) is 5.91 Å². The average Bonchev–Trinajstić information content (AvgIpc) is 3.18. The summed E-state index contributed by atoms with van der Waals surface area (Å²) in [5.41, 5.74) is 0.978. The Morgan fingerprint density at radius 3 is 2.67 bits per heavy atom. The Morgan fingerprint density at radius 1 is 1.39 bits per heavy atom. The molecule has 1 fully saturated rings. The Morgan fingerprint density at radius 2 is 2.06 bits per heavy atom. The number of rotatable bonds is 6. The van der Waals surface area contributed by atoms with Gasteiger partial charge in [-0.1, -0.05) is 12.1 Å². The maximum atomic E-state index is 12.8. The highest BCUT2D eigenvalue weighted by Crippen LogP contribution is 2.27. The number of halogens is 1. The highest BCUT2D eigenvalue weighted by Gasteiger charge is 2.21. The van der Waals surface area contributed by atoms with Crippen LogP contribution >= 0.6 is 0 Å². The van der Waals surface area contributed by atoms with E-state index in [1.54, 1.807) is 12.1 Å². The van der Waals surface area contributed by atoms with Crippen molar-refractivity contribution >= 4 is 5.91 Å². The van der Waals surface area contributed by atoms with E-state index in [4.69, 9.17) is 0 Å². The van der Waals surface area contributed by atoms with Crippen molar-refractivity contribution in [1.82, 2.24) is 10.6 Å². The van der Waals surface area contributed by atoms with E-state index >= 15 is 0 Å². The minimum Gasteiger partial charge on any atom is -0.355 e. The zero-order valence-corrected chi connectivity index (χ0v) is 10.6. The summed E-state index contributed by atoms with van der Waals surface area (Å²) in [5, 5.41) is 6.03. The smallest absolute Gasteiger partial charge is 0.233 e. The van der Waals surface area contributed by atoms with E-state index in [2.05, 4.69) is 10.6 Å². The van der Waals surface area contributed by atoms with Crippen LogP contribution in [0.1, 0.15) is 31.4 Å². The molecule has 0 aromatic heterocycles. The SMILES string of the molecule is CC(NCC(=O)NCC1CC1)c1ccc(F)cc1. The van der Waals surface area contributed by atoms with Gasteiger partial charge in [-0.15, -0.1) is 0 Å². The molecule has 3 nitrogen and oxygen atoms in total. The lowest BCUT2D eigenvalue weighted by Gasteiger charge is -2.14. The summed E-state index contributed by atoms with van der Waals surface area (Å²) in [6, 6.07) is 6.36. The van der Waals surface area contributed by atoms with Crippen molar-refractivity contribution in [2.45, 2.75) is 25.8 Å². The van der Waals surface area contributed by atoms with Crippen LogP contribution in [0.2, 0.25) is 0 Å².